The summed E-state index contributed by atoms with van der Waals surface area (Å²) in [6.45, 7) is 2.54. The lowest BCUT2D eigenvalue weighted by Crippen LogP contribution is -2.48. The lowest BCUT2D eigenvalue weighted by Gasteiger charge is -2.35. The molecule has 0 aliphatic carbocycles. The Morgan fingerprint density at radius 1 is 1.22 bits per heavy atom. The van der Waals surface area contributed by atoms with E-state index in [1.807, 2.05) is 4.90 Å². The van der Waals surface area contributed by atoms with E-state index in [1.54, 1.807) is 11.0 Å². The molecule has 8 heteroatoms. The highest BCUT2D eigenvalue weighted by Gasteiger charge is 2.26. The van der Waals surface area contributed by atoms with Crippen LogP contribution in [0.2, 0.25) is 0 Å². The van der Waals surface area contributed by atoms with E-state index in [0.29, 0.717) is 31.9 Å². The van der Waals surface area contributed by atoms with Gasteiger partial charge in [0.05, 0.1) is 6.54 Å². The van der Waals surface area contributed by atoms with Gasteiger partial charge in [-0.25, -0.2) is 4.39 Å². The molecule has 0 aromatic heterocycles. The van der Waals surface area contributed by atoms with Gasteiger partial charge in [-0.1, -0.05) is 6.07 Å². The van der Waals surface area contributed by atoms with E-state index in [2.05, 4.69) is 5.32 Å². The van der Waals surface area contributed by atoms with Crippen LogP contribution in [0.1, 0.15) is 12.5 Å². The summed E-state index contributed by atoms with van der Waals surface area (Å²) in [6, 6.07) is 4.51. The van der Waals surface area contributed by atoms with Crippen LogP contribution in [0.4, 0.5) is 23.2 Å². The Morgan fingerprint density at radius 3 is 2.39 bits per heavy atom. The van der Waals surface area contributed by atoms with Crippen molar-refractivity contribution in [1.82, 2.24) is 10.2 Å². The first-order valence-electron chi connectivity index (χ1n) is 7.32. The molecular weight excluding hydrogens is 314 g/mol. The van der Waals surface area contributed by atoms with E-state index >= 15 is 0 Å². The van der Waals surface area contributed by atoms with Gasteiger partial charge in [0.15, 0.2) is 0 Å². The van der Waals surface area contributed by atoms with E-state index in [0.717, 1.165) is 0 Å². The molecule has 1 fully saturated rings. The van der Waals surface area contributed by atoms with Crippen LogP contribution in [-0.4, -0.2) is 49.7 Å². The summed E-state index contributed by atoms with van der Waals surface area (Å²) in [6.07, 6.45) is -4.31. The van der Waals surface area contributed by atoms with Crippen molar-refractivity contribution in [3.63, 3.8) is 0 Å². The highest BCUT2D eigenvalue weighted by molar-refractivity contribution is 5.73. The molecule has 0 spiro atoms. The second-order valence-electron chi connectivity index (χ2n) is 5.49. The molecule has 128 valence electrons. The first kappa shape index (κ1) is 17.5. The number of halogens is 4. The lowest BCUT2D eigenvalue weighted by molar-refractivity contribution is -0.129. The molecule has 2 rings (SSSR count). The SMILES string of the molecule is CC(=O)N1CCN(c2ccc(CNCC(F)(F)F)c(F)c2)CC1. The Morgan fingerprint density at radius 2 is 1.87 bits per heavy atom. The number of carbonyl (C=O) groups is 1. The highest BCUT2D eigenvalue weighted by atomic mass is 19.4. The number of carbonyl (C=O) groups excluding carboxylic acids is 1. The lowest BCUT2D eigenvalue weighted by atomic mass is 10.1. The molecule has 1 aliphatic heterocycles. The Balaban J connectivity index is 1.93. The Kier molecular flexibility index (Phi) is 5.46. The second kappa shape index (κ2) is 7.16. The standard InChI is InChI=1S/C15H19F4N3O/c1-11(23)21-4-6-22(7-5-21)13-3-2-12(14(16)8-13)9-20-10-15(17,18)19/h2-3,8,20H,4-7,9-10H2,1H3. The van der Waals surface area contributed by atoms with Gasteiger partial charge in [-0.05, 0) is 12.1 Å². The van der Waals surface area contributed by atoms with Crippen LogP contribution in [0.5, 0.6) is 0 Å². The number of alkyl halides is 3. The van der Waals surface area contributed by atoms with Crippen LogP contribution in [0.3, 0.4) is 0 Å². The third-order valence-corrected chi connectivity index (χ3v) is 3.77. The number of hydrogen-bond donors (Lipinski definition) is 1. The van der Waals surface area contributed by atoms with Crippen molar-refractivity contribution < 1.29 is 22.4 Å². The quantitative estimate of drug-likeness (QED) is 0.858. The normalized spacial score (nSPS) is 15.9. The molecule has 1 saturated heterocycles. The minimum Gasteiger partial charge on any atom is -0.368 e. The molecular formula is C15H19F4N3O. The Labute approximate surface area is 132 Å². The van der Waals surface area contributed by atoms with E-state index in [-0.39, 0.29) is 18.0 Å². The largest absolute Gasteiger partial charge is 0.401 e. The van der Waals surface area contributed by atoms with Gasteiger partial charge in [0.25, 0.3) is 0 Å². The Hall–Kier alpha value is -1.83. The van der Waals surface area contributed by atoms with Gasteiger partial charge in [-0.2, -0.15) is 13.2 Å². The second-order valence-corrected chi connectivity index (χ2v) is 5.49. The summed E-state index contributed by atoms with van der Waals surface area (Å²) in [7, 11) is 0. The van der Waals surface area contributed by atoms with Crippen molar-refractivity contribution in [1.29, 1.82) is 0 Å². The van der Waals surface area contributed by atoms with Crippen molar-refractivity contribution in [2.24, 2.45) is 0 Å². The number of anilines is 1. The van der Waals surface area contributed by atoms with Crippen molar-refractivity contribution >= 4 is 11.6 Å². The predicted molar refractivity (Wildman–Crippen MR) is 78.6 cm³/mol. The first-order valence-corrected chi connectivity index (χ1v) is 7.32. The van der Waals surface area contributed by atoms with Gasteiger partial charge in [-0.3, -0.25) is 4.79 Å². The predicted octanol–water partition coefficient (Wildman–Crippen LogP) is 2.15. The molecule has 0 atom stereocenters. The zero-order valence-electron chi connectivity index (χ0n) is 12.8. The molecule has 0 bridgehead atoms. The molecule has 4 nitrogen and oxygen atoms in total. The number of benzene rings is 1. The topological polar surface area (TPSA) is 35.6 Å². The maximum absolute atomic E-state index is 14.0. The molecule has 1 aromatic carbocycles. The summed E-state index contributed by atoms with van der Waals surface area (Å²) < 4.78 is 50.2. The molecule has 1 aliphatic rings. The summed E-state index contributed by atoms with van der Waals surface area (Å²) in [5, 5.41) is 2.18. The summed E-state index contributed by atoms with van der Waals surface area (Å²) in [4.78, 5) is 15.0. The number of nitrogens with one attached hydrogen (secondary N) is 1. The van der Waals surface area contributed by atoms with E-state index in [9.17, 15) is 22.4 Å². The molecule has 1 aromatic rings. The molecule has 0 radical (unpaired) electrons. The van der Waals surface area contributed by atoms with Gasteiger partial charge in [-0.15, -0.1) is 0 Å². The van der Waals surface area contributed by atoms with Crippen LogP contribution < -0.4 is 10.2 Å². The van der Waals surface area contributed by atoms with E-state index in [1.165, 1.54) is 19.1 Å². The van der Waals surface area contributed by atoms with Crippen LogP contribution in [0.15, 0.2) is 18.2 Å². The smallest absolute Gasteiger partial charge is 0.368 e. The van der Waals surface area contributed by atoms with Crippen molar-refractivity contribution in [3.8, 4) is 0 Å². The van der Waals surface area contributed by atoms with Crippen molar-refractivity contribution in [2.75, 3.05) is 37.6 Å². The van der Waals surface area contributed by atoms with Gasteiger partial charge >= 0.3 is 6.18 Å². The van der Waals surface area contributed by atoms with Crippen LogP contribution in [0, 0.1) is 5.82 Å². The van der Waals surface area contributed by atoms with Crippen LogP contribution >= 0.6 is 0 Å². The van der Waals surface area contributed by atoms with Crippen LogP contribution in [-0.2, 0) is 11.3 Å². The number of piperazine rings is 1. The Bertz CT molecular complexity index is 554. The average Bonchev–Trinajstić information content (AvgIpc) is 2.48. The number of amides is 1. The van der Waals surface area contributed by atoms with Crippen molar-refractivity contribution in [2.45, 2.75) is 19.6 Å². The molecule has 23 heavy (non-hydrogen) atoms. The fraction of sp³-hybridized carbons (Fsp3) is 0.533. The van der Waals surface area contributed by atoms with E-state index in [4.69, 9.17) is 0 Å². The third-order valence-electron chi connectivity index (χ3n) is 3.77. The first-order chi connectivity index (χ1) is 10.8. The zero-order valence-corrected chi connectivity index (χ0v) is 12.8. The fourth-order valence-electron chi connectivity index (χ4n) is 2.49. The fourth-order valence-corrected chi connectivity index (χ4v) is 2.49. The summed E-state index contributed by atoms with van der Waals surface area (Å²) in [5.41, 5.74) is 0.866. The molecule has 1 amide bonds. The monoisotopic (exact) mass is 333 g/mol. The molecule has 1 heterocycles. The number of nitrogens with zero attached hydrogens (tertiary/aromatic N) is 2. The third kappa shape index (κ3) is 5.09. The van der Waals surface area contributed by atoms with Gasteiger partial charge < -0.3 is 15.1 Å². The van der Waals surface area contributed by atoms with Gasteiger partial charge in [0.2, 0.25) is 5.91 Å². The van der Waals surface area contributed by atoms with Gasteiger partial charge in [0, 0.05) is 50.9 Å². The van der Waals surface area contributed by atoms with Crippen molar-refractivity contribution in [3.05, 3.63) is 29.6 Å². The van der Waals surface area contributed by atoms with E-state index < -0.39 is 18.5 Å². The summed E-state index contributed by atoms with van der Waals surface area (Å²) in [5.74, 6) is -0.520. The van der Waals surface area contributed by atoms with Crippen LogP contribution in [0.25, 0.3) is 0 Å². The van der Waals surface area contributed by atoms with Gasteiger partial charge in [0.1, 0.15) is 5.82 Å². The number of hydrogen-bond acceptors (Lipinski definition) is 3. The molecule has 1 N–H and O–H groups in total. The zero-order chi connectivity index (χ0) is 17.0. The molecule has 0 unspecified atom stereocenters. The minimum absolute atomic E-state index is 0.0157. The summed E-state index contributed by atoms with van der Waals surface area (Å²) >= 11 is 0. The molecule has 0 saturated carbocycles. The maximum atomic E-state index is 14.0. The number of rotatable bonds is 4. The minimum atomic E-state index is -4.31. The highest BCUT2D eigenvalue weighted by Crippen LogP contribution is 2.21. The average molecular weight is 333 g/mol. The maximum Gasteiger partial charge on any atom is 0.401 e.